The zero-order valence-corrected chi connectivity index (χ0v) is 16.4. The van der Waals surface area contributed by atoms with E-state index in [0.29, 0.717) is 5.88 Å². The third kappa shape index (κ3) is 4.65. The van der Waals surface area contributed by atoms with E-state index in [1.165, 1.54) is 0 Å². The lowest BCUT2D eigenvalue weighted by molar-refractivity contribution is -0.00765. The molecule has 3 heterocycles. The highest BCUT2D eigenvalue weighted by Crippen LogP contribution is 2.38. The van der Waals surface area contributed by atoms with E-state index in [1.807, 2.05) is 31.9 Å². The first-order valence-electron chi connectivity index (χ1n) is 9.84. The van der Waals surface area contributed by atoms with Crippen LogP contribution in [0.2, 0.25) is 0 Å². The van der Waals surface area contributed by atoms with Crippen LogP contribution in [0, 0.1) is 0 Å². The number of ether oxygens (including phenoxy) is 2. The molecule has 144 valence electrons. The Labute approximate surface area is 156 Å². The van der Waals surface area contributed by atoms with Gasteiger partial charge in [0.2, 0.25) is 5.88 Å². The molecule has 26 heavy (non-hydrogen) atoms. The number of carbonyl (C=O) groups is 1. The Morgan fingerprint density at radius 1 is 1.19 bits per heavy atom. The summed E-state index contributed by atoms with van der Waals surface area (Å²) in [6.45, 7) is 7.89. The van der Waals surface area contributed by atoms with Crippen molar-refractivity contribution in [3.63, 3.8) is 0 Å². The van der Waals surface area contributed by atoms with Crippen molar-refractivity contribution < 1.29 is 14.3 Å². The van der Waals surface area contributed by atoms with Crippen molar-refractivity contribution in [1.29, 1.82) is 0 Å². The Bertz CT molecular complexity index is 598. The second kappa shape index (κ2) is 7.80. The highest BCUT2D eigenvalue weighted by Gasteiger charge is 2.45. The van der Waals surface area contributed by atoms with Crippen LogP contribution in [0.4, 0.5) is 4.79 Å². The van der Waals surface area contributed by atoms with Gasteiger partial charge in [0, 0.05) is 24.9 Å². The maximum absolute atomic E-state index is 12.5. The first kappa shape index (κ1) is 18.9. The fourth-order valence-electron chi connectivity index (χ4n) is 3.90. The Kier molecular flexibility index (Phi) is 5.68. The Balaban J connectivity index is 1.56. The number of hydrogen-bond acceptors (Lipinski definition) is 5. The number of carbonyl (C=O) groups excluding carboxylic acids is 1. The summed E-state index contributed by atoms with van der Waals surface area (Å²) in [4.78, 5) is 23.3. The molecule has 0 radical (unpaired) electrons. The number of amides is 1. The summed E-state index contributed by atoms with van der Waals surface area (Å²) in [6.07, 6.45) is 10.4. The molecular formula is C20H31N3O3. The van der Waals surface area contributed by atoms with Crippen molar-refractivity contribution in [2.75, 3.05) is 0 Å². The van der Waals surface area contributed by atoms with Crippen molar-refractivity contribution in [2.24, 2.45) is 0 Å². The Morgan fingerprint density at radius 2 is 1.88 bits per heavy atom. The molecule has 2 bridgehead atoms. The lowest BCUT2D eigenvalue weighted by atomic mass is 10.0. The van der Waals surface area contributed by atoms with Crippen LogP contribution in [0.25, 0.3) is 0 Å². The lowest BCUT2D eigenvalue weighted by Crippen LogP contribution is -2.50. The summed E-state index contributed by atoms with van der Waals surface area (Å²) in [5.74, 6) is 0.584. The summed E-state index contributed by atoms with van der Waals surface area (Å²) < 4.78 is 11.7. The van der Waals surface area contributed by atoms with E-state index in [4.69, 9.17) is 9.47 Å². The van der Waals surface area contributed by atoms with Gasteiger partial charge in [-0.15, -0.1) is 0 Å². The second-order valence-corrected chi connectivity index (χ2v) is 8.43. The number of aryl methyl sites for hydroxylation is 1. The van der Waals surface area contributed by atoms with Crippen molar-refractivity contribution >= 4 is 6.09 Å². The van der Waals surface area contributed by atoms with E-state index in [1.54, 1.807) is 6.20 Å². The summed E-state index contributed by atoms with van der Waals surface area (Å²) in [5.41, 5.74) is 0.554. The zero-order valence-electron chi connectivity index (χ0n) is 16.4. The second-order valence-electron chi connectivity index (χ2n) is 8.43. The third-order valence-electron chi connectivity index (χ3n) is 5.05. The molecule has 6 nitrogen and oxygen atoms in total. The van der Waals surface area contributed by atoms with Gasteiger partial charge in [0.15, 0.2) is 0 Å². The number of nitrogens with zero attached hydrogens (tertiary/aromatic N) is 3. The molecule has 1 aromatic heterocycles. The largest absolute Gasteiger partial charge is 0.473 e. The van der Waals surface area contributed by atoms with E-state index in [9.17, 15) is 4.79 Å². The van der Waals surface area contributed by atoms with E-state index in [-0.39, 0.29) is 24.3 Å². The molecule has 3 rings (SSSR count). The van der Waals surface area contributed by atoms with Gasteiger partial charge in [-0.1, -0.05) is 13.3 Å². The van der Waals surface area contributed by atoms with Gasteiger partial charge in [0.05, 0.1) is 18.1 Å². The highest BCUT2D eigenvalue weighted by atomic mass is 16.6. The smallest absolute Gasteiger partial charge is 0.410 e. The average Bonchev–Trinajstić information content (AvgIpc) is 2.84. The average molecular weight is 361 g/mol. The van der Waals surface area contributed by atoms with Crippen LogP contribution in [0.5, 0.6) is 5.88 Å². The minimum absolute atomic E-state index is 0.0852. The number of aromatic nitrogens is 2. The molecule has 2 aliphatic heterocycles. The van der Waals surface area contributed by atoms with Gasteiger partial charge in [0.25, 0.3) is 0 Å². The molecule has 0 N–H and O–H groups in total. The third-order valence-corrected chi connectivity index (χ3v) is 5.05. The van der Waals surface area contributed by atoms with Crippen LogP contribution in [0.1, 0.15) is 71.9 Å². The summed E-state index contributed by atoms with van der Waals surface area (Å²) in [6, 6.07) is 0.399. The van der Waals surface area contributed by atoms with Crippen LogP contribution < -0.4 is 4.74 Å². The van der Waals surface area contributed by atoms with Crippen LogP contribution in [0.3, 0.4) is 0 Å². The van der Waals surface area contributed by atoms with Crippen LogP contribution in [-0.2, 0) is 11.2 Å². The summed E-state index contributed by atoms with van der Waals surface area (Å²) in [5, 5.41) is 0. The zero-order chi connectivity index (χ0) is 18.7. The van der Waals surface area contributed by atoms with E-state index >= 15 is 0 Å². The molecule has 0 aromatic carbocycles. The number of hydrogen-bond donors (Lipinski definition) is 0. The minimum Gasteiger partial charge on any atom is -0.473 e. The molecule has 0 spiro atoms. The van der Waals surface area contributed by atoms with Crippen LogP contribution >= 0.6 is 0 Å². The molecule has 1 aromatic rings. The molecule has 0 saturated carbocycles. The monoisotopic (exact) mass is 361 g/mol. The van der Waals surface area contributed by atoms with Crippen molar-refractivity contribution in [1.82, 2.24) is 14.9 Å². The predicted molar refractivity (Wildman–Crippen MR) is 99.2 cm³/mol. The van der Waals surface area contributed by atoms with E-state index in [0.717, 1.165) is 50.6 Å². The van der Waals surface area contributed by atoms with Gasteiger partial charge < -0.3 is 14.4 Å². The quantitative estimate of drug-likeness (QED) is 0.789. The number of fused-ring (bicyclic) bond motifs is 2. The molecule has 3 atom stereocenters. The highest BCUT2D eigenvalue weighted by molar-refractivity contribution is 5.69. The van der Waals surface area contributed by atoms with E-state index in [2.05, 4.69) is 16.9 Å². The van der Waals surface area contributed by atoms with Gasteiger partial charge in [-0.3, -0.25) is 4.98 Å². The summed E-state index contributed by atoms with van der Waals surface area (Å²) >= 11 is 0. The lowest BCUT2D eigenvalue weighted by Gasteiger charge is -2.39. The molecule has 0 aliphatic carbocycles. The van der Waals surface area contributed by atoms with Gasteiger partial charge in [0.1, 0.15) is 11.7 Å². The molecule has 1 amide bonds. The number of rotatable bonds is 5. The molecule has 0 unspecified atom stereocenters. The fraction of sp³-hybridized carbons (Fsp3) is 0.750. The normalized spacial score (nSPS) is 25.2. The van der Waals surface area contributed by atoms with Crippen LogP contribution in [-0.4, -0.2) is 44.7 Å². The SMILES string of the molecule is CCCCc1cnc(O[C@H]2C[C@H]3CC[C@@H](C2)N3C(=O)OC(C)(C)C)cn1. The van der Waals surface area contributed by atoms with Crippen LogP contribution in [0.15, 0.2) is 12.4 Å². The maximum atomic E-state index is 12.5. The first-order chi connectivity index (χ1) is 12.4. The molecule has 6 heteroatoms. The Hall–Kier alpha value is -1.85. The molecule has 2 saturated heterocycles. The number of unbranched alkanes of at least 4 members (excludes halogenated alkanes) is 1. The van der Waals surface area contributed by atoms with E-state index < -0.39 is 5.60 Å². The van der Waals surface area contributed by atoms with Crippen molar-refractivity contribution in [3.05, 3.63) is 18.1 Å². The fourth-order valence-corrected chi connectivity index (χ4v) is 3.90. The van der Waals surface area contributed by atoms with Gasteiger partial charge in [-0.05, 0) is 46.5 Å². The van der Waals surface area contributed by atoms with Crippen molar-refractivity contribution in [2.45, 2.75) is 96.4 Å². The Morgan fingerprint density at radius 3 is 2.42 bits per heavy atom. The van der Waals surface area contributed by atoms with Crippen molar-refractivity contribution in [3.8, 4) is 5.88 Å². The van der Waals surface area contributed by atoms with Gasteiger partial charge in [-0.2, -0.15) is 0 Å². The maximum Gasteiger partial charge on any atom is 0.410 e. The standard InChI is InChI=1S/C20H31N3O3/c1-5-6-7-14-12-22-18(13-21-14)25-17-10-15-8-9-16(11-17)23(15)19(24)26-20(2,3)4/h12-13,15-17H,5-11H2,1-4H3/t15-,16+,17+. The minimum atomic E-state index is -0.459. The molecule has 2 aliphatic rings. The molecule has 2 fully saturated rings. The summed E-state index contributed by atoms with van der Waals surface area (Å²) in [7, 11) is 0. The molecular weight excluding hydrogens is 330 g/mol. The first-order valence-corrected chi connectivity index (χ1v) is 9.84. The topological polar surface area (TPSA) is 64.5 Å². The van der Waals surface area contributed by atoms with Gasteiger partial charge >= 0.3 is 6.09 Å². The predicted octanol–water partition coefficient (Wildman–Crippen LogP) is 4.13. The number of piperidine rings is 1. The van der Waals surface area contributed by atoms with Gasteiger partial charge in [-0.25, -0.2) is 9.78 Å².